The minimum Gasteiger partial charge on any atom is -0.457 e. The van der Waals surface area contributed by atoms with Gasteiger partial charge >= 0.3 is 0 Å². The Morgan fingerprint density at radius 3 is 2.54 bits per heavy atom. The Kier molecular flexibility index (Phi) is 5.02. The molecule has 1 aromatic heterocycles. The van der Waals surface area contributed by atoms with Gasteiger partial charge in [-0.25, -0.2) is 9.29 Å². The number of nitrogens with zero attached hydrogens (tertiary/aromatic N) is 1. The maximum absolute atomic E-state index is 13.4. The van der Waals surface area contributed by atoms with Crippen LogP contribution in [0.15, 0.2) is 63.9 Å². The first kappa shape index (κ1) is 18.8. The number of anilines is 1. The van der Waals surface area contributed by atoms with Gasteiger partial charge in [0, 0.05) is 11.6 Å². The number of carbonyl (C=O) groups excluding carboxylic acids is 2. The highest BCUT2D eigenvalue weighted by molar-refractivity contribution is 8.19. The van der Waals surface area contributed by atoms with Crippen LogP contribution in [0.3, 0.4) is 0 Å². The van der Waals surface area contributed by atoms with Crippen LogP contribution < -0.4 is 4.90 Å². The van der Waals surface area contributed by atoms with E-state index in [0.717, 1.165) is 28.3 Å². The van der Waals surface area contributed by atoms with Gasteiger partial charge < -0.3 is 4.42 Å². The summed E-state index contributed by atoms with van der Waals surface area (Å²) in [5, 5.41) is -0.135. The van der Waals surface area contributed by atoms with Crippen molar-refractivity contribution in [1.29, 1.82) is 0 Å². The van der Waals surface area contributed by atoms with E-state index < -0.39 is 17.0 Å². The molecule has 0 aliphatic carbocycles. The fourth-order valence-corrected chi connectivity index (χ4v) is 3.90. The maximum Gasteiger partial charge on any atom is 0.298 e. The molecule has 2 amide bonds. The van der Waals surface area contributed by atoms with Crippen molar-refractivity contribution in [3.63, 3.8) is 0 Å². The maximum atomic E-state index is 13.4. The van der Waals surface area contributed by atoms with Gasteiger partial charge in [-0.2, -0.15) is 0 Å². The zero-order valence-electron chi connectivity index (χ0n) is 14.0. The summed E-state index contributed by atoms with van der Waals surface area (Å²) in [7, 11) is 0. The van der Waals surface area contributed by atoms with Gasteiger partial charge in [-0.1, -0.05) is 35.3 Å². The molecule has 1 aliphatic heterocycles. The molecule has 0 atom stereocenters. The van der Waals surface area contributed by atoms with E-state index in [2.05, 4.69) is 0 Å². The molecule has 4 rings (SSSR count). The van der Waals surface area contributed by atoms with Crippen LogP contribution in [0.25, 0.3) is 17.4 Å². The van der Waals surface area contributed by atoms with E-state index in [9.17, 15) is 14.0 Å². The van der Waals surface area contributed by atoms with Crippen LogP contribution in [0.5, 0.6) is 0 Å². The predicted octanol–water partition coefficient (Wildman–Crippen LogP) is 6.63. The molecule has 0 bridgehead atoms. The highest BCUT2D eigenvalue weighted by Gasteiger charge is 2.36. The Balaban J connectivity index is 1.63. The van der Waals surface area contributed by atoms with E-state index in [-0.39, 0.29) is 15.6 Å². The van der Waals surface area contributed by atoms with Crippen LogP contribution >= 0.6 is 35.0 Å². The number of halogens is 3. The normalized spacial score (nSPS) is 15.7. The lowest BCUT2D eigenvalue weighted by Gasteiger charge is -2.12. The van der Waals surface area contributed by atoms with Crippen molar-refractivity contribution in [1.82, 2.24) is 0 Å². The summed E-state index contributed by atoms with van der Waals surface area (Å²) in [6.07, 6.45) is 1.48. The summed E-state index contributed by atoms with van der Waals surface area (Å²) < 4.78 is 19.1. The molecule has 28 heavy (non-hydrogen) atoms. The molecule has 1 aliphatic rings. The van der Waals surface area contributed by atoms with Crippen molar-refractivity contribution in [3.05, 3.63) is 81.1 Å². The van der Waals surface area contributed by atoms with Crippen molar-refractivity contribution in [3.8, 4) is 11.3 Å². The van der Waals surface area contributed by atoms with Crippen molar-refractivity contribution in [2.45, 2.75) is 0 Å². The summed E-state index contributed by atoms with van der Waals surface area (Å²) in [5.41, 5.74) is 0.923. The average Bonchev–Trinajstić information content (AvgIpc) is 3.23. The van der Waals surface area contributed by atoms with E-state index in [1.807, 2.05) is 18.2 Å². The molecule has 0 saturated carbocycles. The molecule has 4 nitrogen and oxygen atoms in total. The van der Waals surface area contributed by atoms with Gasteiger partial charge in [0.1, 0.15) is 17.3 Å². The van der Waals surface area contributed by atoms with Gasteiger partial charge in [-0.05, 0) is 54.2 Å². The number of amides is 2. The van der Waals surface area contributed by atoms with Gasteiger partial charge in [0.2, 0.25) is 0 Å². The molecule has 1 fully saturated rings. The Hall–Kier alpha value is -2.54. The quantitative estimate of drug-likeness (QED) is 0.434. The molecule has 3 aromatic rings. The molecule has 0 N–H and O–H groups in total. The number of imide groups is 1. The van der Waals surface area contributed by atoms with E-state index in [0.29, 0.717) is 16.5 Å². The van der Waals surface area contributed by atoms with Crippen LogP contribution in [0.2, 0.25) is 10.0 Å². The van der Waals surface area contributed by atoms with Crippen molar-refractivity contribution < 1.29 is 18.4 Å². The minimum atomic E-state index is -0.629. The number of rotatable bonds is 3. The molecular formula is C20H10Cl2FNO3S. The van der Waals surface area contributed by atoms with E-state index >= 15 is 0 Å². The first-order valence-electron chi connectivity index (χ1n) is 8.02. The number of thioether (sulfide) groups is 1. The molecule has 2 heterocycles. The van der Waals surface area contributed by atoms with Gasteiger partial charge in [0.25, 0.3) is 11.1 Å². The van der Waals surface area contributed by atoms with Crippen LogP contribution in [-0.4, -0.2) is 11.1 Å². The zero-order chi connectivity index (χ0) is 19.8. The van der Waals surface area contributed by atoms with E-state index in [1.165, 1.54) is 18.2 Å². The summed E-state index contributed by atoms with van der Waals surface area (Å²) in [6, 6.07) is 14.3. The number of furan rings is 1. The Morgan fingerprint density at radius 1 is 1.00 bits per heavy atom. The lowest BCUT2D eigenvalue weighted by molar-refractivity contribution is -0.113. The third-order valence-electron chi connectivity index (χ3n) is 3.99. The van der Waals surface area contributed by atoms with E-state index in [4.69, 9.17) is 27.6 Å². The Morgan fingerprint density at radius 2 is 1.79 bits per heavy atom. The topological polar surface area (TPSA) is 50.5 Å². The Labute approximate surface area is 173 Å². The lowest BCUT2D eigenvalue weighted by Crippen LogP contribution is -2.27. The molecule has 2 aromatic carbocycles. The van der Waals surface area contributed by atoms with Crippen LogP contribution in [0, 0.1) is 5.82 Å². The number of benzene rings is 2. The van der Waals surface area contributed by atoms with Crippen molar-refractivity contribution >= 4 is 57.9 Å². The lowest BCUT2D eigenvalue weighted by atomic mass is 10.2. The fourth-order valence-electron chi connectivity index (χ4n) is 2.68. The largest absolute Gasteiger partial charge is 0.457 e. The molecule has 1 saturated heterocycles. The molecule has 0 spiro atoms. The number of carbonyl (C=O) groups is 2. The molecular weight excluding hydrogens is 424 g/mol. The summed E-state index contributed by atoms with van der Waals surface area (Å²) >= 11 is 12.7. The van der Waals surface area contributed by atoms with Gasteiger partial charge in [0.05, 0.1) is 20.6 Å². The summed E-state index contributed by atoms with van der Waals surface area (Å²) in [4.78, 5) is 26.1. The SMILES string of the molecule is O=C1S/C(=C/c2ccc(-c3ccccc3Cl)o2)C(=O)N1c1ccc(F)c(Cl)c1. The second-order valence-corrected chi connectivity index (χ2v) is 7.60. The first-order chi connectivity index (χ1) is 13.4. The third-order valence-corrected chi connectivity index (χ3v) is 5.48. The third kappa shape index (κ3) is 3.46. The second kappa shape index (κ2) is 7.47. The van der Waals surface area contributed by atoms with Gasteiger partial charge in [-0.3, -0.25) is 9.59 Å². The fraction of sp³-hybridized carbons (Fsp3) is 0. The highest BCUT2D eigenvalue weighted by Crippen LogP contribution is 2.37. The summed E-state index contributed by atoms with van der Waals surface area (Å²) in [5.74, 6) is -0.220. The van der Waals surface area contributed by atoms with Gasteiger partial charge in [0.15, 0.2) is 0 Å². The van der Waals surface area contributed by atoms with Crippen molar-refractivity contribution in [2.24, 2.45) is 0 Å². The zero-order valence-corrected chi connectivity index (χ0v) is 16.3. The monoisotopic (exact) mass is 433 g/mol. The Bertz CT molecular complexity index is 1140. The highest BCUT2D eigenvalue weighted by atomic mass is 35.5. The molecule has 0 radical (unpaired) electrons. The number of hydrogen-bond acceptors (Lipinski definition) is 4. The van der Waals surface area contributed by atoms with Crippen LogP contribution in [0.1, 0.15) is 5.76 Å². The smallest absolute Gasteiger partial charge is 0.298 e. The van der Waals surface area contributed by atoms with Gasteiger partial charge in [-0.15, -0.1) is 0 Å². The molecule has 8 heteroatoms. The standard InChI is InChI=1S/C20H10Cl2FNO3S/c21-14-4-2-1-3-13(14)17-8-6-12(27-17)10-18-19(25)24(20(26)28-18)11-5-7-16(23)15(22)9-11/h1-10H/b18-10+. The van der Waals surface area contributed by atoms with Crippen LogP contribution in [-0.2, 0) is 4.79 Å². The summed E-state index contributed by atoms with van der Waals surface area (Å²) in [6.45, 7) is 0. The van der Waals surface area contributed by atoms with Crippen LogP contribution in [0.4, 0.5) is 14.9 Å². The van der Waals surface area contributed by atoms with Crippen molar-refractivity contribution in [2.75, 3.05) is 4.90 Å². The number of hydrogen-bond donors (Lipinski definition) is 0. The predicted molar refractivity (Wildman–Crippen MR) is 109 cm³/mol. The first-order valence-corrected chi connectivity index (χ1v) is 9.59. The second-order valence-electron chi connectivity index (χ2n) is 5.80. The average molecular weight is 434 g/mol. The minimum absolute atomic E-state index is 0.170. The molecule has 140 valence electrons. The van der Waals surface area contributed by atoms with E-state index in [1.54, 1.807) is 18.2 Å². The molecule has 0 unspecified atom stereocenters.